The highest BCUT2D eigenvalue weighted by molar-refractivity contribution is 6.09. The highest BCUT2D eigenvalue weighted by Gasteiger charge is 2.21. The molecule has 3 heterocycles. The van der Waals surface area contributed by atoms with E-state index in [1.165, 1.54) is 24.8 Å². The largest absolute Gasteiger partial charge is 0.361 e. The van der Waals surface area contributed by atoms with Crippen LogP contribution in [0.3, 0.4) is 0 Å². The Kier molecular flexibility index (Phi) is 4.26. The maximum absolute atomic E-state index is 13.2. The van der Waals surface area contributed by atoms with Crippen LogP contribution in [0.15, 0.2) is 24.8 Å². The van der Waals surface area contributed by atoms with Gasteiger partial charge in [0.15, 0.2) is 11.5 Å². The molecule has 0 fully saturated rings. The zero-order valence-corrected chi connectivity index (χ0v) is 13.7. The molecule has 0 saturated heterocycles. The van der Waals surface area contributed by atoms with Crippen molar-refractivity contribution in [2.24, 2.45) is 0 Å². The van der Waals surface area contributed by atoms with Gasteiger partial charge in [-0.05, 0) is 13.0 Å². The van der Waals surface area contributed by atoms with Crippen molar-refractivity contribution < 1.29 is 13.6 Å². The van der Waals surface area contributed by atoms with Crippen LogP contribution in [0.1, 0.15) is 28.2 Å². The average molecular weight is 347 g/mol. The fourth-order valence-electron chi connectivity index (χ4n) is 2.39. The van der Waals surface area contributed by atoms with Gasteiger partial charge in [0.05, 0.1) is 12.4 Å². The van der Waals surface area contributed by atoms with Crippen molar-refractivity contribution in [3.05, 3.63) is 41.7 Å². The molecule has 1 amide bonds. The molecule has 0 unspecified atom stereocenters. The van der Waals surface area contributed by atoms with Crippen molar-refractivity contribution in [1.29, 1.82) is 0 Å². The van der Waals surface area contributed by atoms with Crippen LogP contribution in [-0.4, -0.2) is 44.6 Å². The van der Waals surface area contributed by atoms with Gasteiger partial charge in [-0.1, -0.05) is 0 Å². The second kappa shape index (κ2) is 6.38. The van der Waals surface area contributed by atoms with Crippen LogP contribution in [0.2, 0.25) is 0 Å². The monoisotopic (exact) mass is 347 g/mol. The molecule has 25 heavy (non-hydrogen) atoms. The topological polar surface area (TPSA) is 88.3 Å². The van der Waals surface area contributed by atoms with Gasteiger partial charge >= 0.3 is 0 Å². The zero-order chi connectivity index (χ0) is 18.1. The lowest BCUT2D eigenvalue weighted by atomic mass is 10.2. The number of aromatic nitrogens is 5. The number of halogens is 2. The number of nitrogens with one attached hydrogen (secondary N) is 1. The molecule has 0 aliphatic rings. The lowest BCUT2D eigenvalue weighted by Gasteiger charge is -2.15. The molecule has 130 valence electrons. The van der Waals surface area contributed by atoms with E-state index in [0.717, 1.165) is 4.52 Å². The smallest absolute Gasteiger partial charge is 0.280 e. The molecule has 10 heteroatoms. The molecule has 8 nitrogen and oxygen atoms in total. The first-order chi connectivity index (χ1) is 11.9. The van der Waals surface area contributed by atoms with Crippen LogP contribution < -0.4 is 10.2 Å². The predicted octanol–water partition coefficient (Wildman–Crippen LogP) is 2.08. The number of alkyl halides is 2. The van der Waals surface area contributed by atoms with Crippen molar-refractivity contribution in [3.63, 3.8) is 0 Å². The predicted molar refractivity (Wildman–Crippen MR) is 87.0 cm³/mol. The number of carbonyl (C=O) groups is 1. The van der Waals surface area contributed by atoms with Crippen molar-refractivity contribution in [2.75, 3.05) is 24.3 Å². The summed E-state index contributed by atoms with van der Waals surface area (Å²) < 4.78 is 27.3. The van der Waals surface area contributed by atoms with E-state index in [4.69, 9.17) is 0 Å². The average Bonchev–Trinajstić information content (AvgIpc) is 2.97. The lowest BCUT2D eigenvalue weighted by molar-refractivity contribution is 0.102. The minimum absolute atomic E-state index is 0.0658. The SMILES string of the molecule is Cc1cc(C(F)F)n2ncc(C(=O)Nc3cncnc3N(C)C)c2n1. The Bertz CT molecular complexity index is 939. The van der Waals surface area contributed by atoms with Crippen LogP contribution in [0.4, 0.5) is 20.3 Å². The van der Waals surface area contributed by atoms with E-state index in [9.17, 15) is 13.6 Å². The maximum atomic E-state index is 13.2. The van der Waals surface area contributed by atoms with Crippen molar-refractivity contribution in [2.45, 2.75) is 13.3 Å². The van der Waals surface area contributed by atoms with Gasteiger partial charge in [0.25, 0.3) is 12.3 Å². The molecule has 1 N–H and O–H groups in total. The lowest BCUT2D eigenvalue weighted by Crippen LogP contribution is -2.18. The third-order valence-corrected chi connectivity index (χ3v) is 3.46. The van der Waals surface area contributed by atoms with E-state index >= 15 is 0 Å². The summed E-state index contributed by atoms with van der Waals surface area (Å²) in [5.41, 5.74) is 0.585. The summed E-state index contributed by atoms with van der Waals surface area (Å²) in [5, 5.41) is 6.54. The highest BCUT2D eigenvalue weighted by atomic mass is 19.3. The minimum atomic E-state index is -2.73. The Hall–Kier alpha value is -3.17. The third kappa shape index (κ3) is 3.10. The fourth-order valence-corrected chi connectivity index (χ4v) is 2.39. The number of carbonyl (C=O) groups excluding carboxylic acids is 1. The third-order valence-electron chi connectivity index (χ3n) is 3.46. The summed E-state index contributed by atoms with van der Waals surface area (Å²) in [5.74, 6) is -0.0246. The molecule has 0 aliphatic heterocycles. The summed E-state index contributed by atoms with van der Waals surface area (Å²) in [7, 11) is 3.54. The highest BCUT2D eigenvalue weighted by Crippen LogP contribution is 2.23. The summed E-state index contributed by atoms with van der Waals surface area (Å²) in [6.07, 6.45) is 1.29. The Balaban J connectivity index is 2.02. The molecule has 3 aromatic heterocycles. The molecule has 0 atom stereocenters. The van der Waals surface area contributed by atoms with E-state index in [1.54, 1.807) is 25.9 Å². The van der Waals surface area contributed by atoms with Gasteiger partial charge in [-0.2, -0.15) is 5.10 Å². The quantitative estimate of drug-likeness (QED) is 0.777. The van der Waals surface area contributed by atoms with Gasteiger partial charge in [0.1, 0.15) is 23.3 Å². The van der Waals surface area contributed by atoms with E-state index in [1.807, 2.05) is 0 Å². The van der Waals surface area contributed by atoms with Gasteiger partial charge in [-0.3, -0.25) is 4.79 Å². The first kappa shape index (κ1) is 16.7. The van der Waals surface area contributed by atoms with Gasteiger partial charge in [-0.25, -0.2) is 28.2 Å². The number of hydrogen-bond donors (Lipinski definition) is 1. The molecule has 0 aromatic carbocycles. The Morgan fingerprint density at radius 2 is 2.08 bits per heavy atom. The molecule has 0 saturated carbocycles. The van der Waals surface area contributed by atoms with E-state index in [2.05, 4.69) is 25.4 Å². The van der Waals surface area contributed by atoms with Crippen LogP contribution in [-0.2, 0) is 0 Å². The van der Waals surface area contributed by atoms with Crippen LogP contribution in [0.5, 0.6) is 0 Å². The van der Waals surface area contributed by atoms with Gasteiger partial charge in [0, 0.05) is 19.8 Å². The molecule has 0 bridgehead atoms. The van der Waals surface area contributed by atoms with E-state index in [0.29, 0.717) is 17.2 Å². The van der Waals surface area contributed by atoms with E-state index in [-0.39, 0.29) is 16.9 Å². The van der Waals surface area contributed by atoms with Crippen LogP contribution in [0.25, 0.3) is 5.65 Å². The number of nitrogens with zero attached hydrogens (tertiary/aromatic N) is 6. The summed E-state index contributed by atoms with van der Waals surface area (Å²) in [4.78, 5) is 26.4. The number of rotatable bonds is 4. The Morgan fingerprint density at radius 1 is 1.32 bits per heavy atom. The molecular formula is C15H15F2N7O. The Morgan fingerprint density at radius 3 is 2.76 bits per heavy atom. The first-order valence-corrected chi connectivity index (χ1v) is 7.30. The van der Waals surface area contributed by atoms with Gasteiger partial charge in [0.2, 0.25) is 0 Å². The number of fused-ring (bicyclic) bond motifs is 1. The van der Waals surface area contributed by atoms with E-state index < -0.39 is 12.3 Å². The second-order valence-corrected chi connectivity index (χ2v) is 5.53. The maximum Gasteiger partial charge on any atom is 0.280 e. The molecule has 3 aromatic rings. The molecule has 3 rings (SSSR count). The number of anilines is 2. The summed E-state index contributed by atoms with van der Waals surface area (Å²) in [6, 6.07) is 1.24. The molecule has 0 spiro atoms. The number of aryl methyl sites for hydroxylation is 1. The summed E-state index contributed by atoms with van der Waals surface area (Å²) >= 11 is 0. The Labute approximate surface area is 141 Å². The van der Waals surface area contributed by atoms with Crippen LogP contribution >= 0.6 is 0 Å². The molecular weight excluding hydrogens is 332 g/mol. The van der Waals surface area contributed by atoms with Gasteiger partial charge < -0.3 is 10.2 Å². The van der Waals surface area contributed by atoms with Gasteiger partial charge in [-0.15, -0.1) is 0 Å². The normalized spacial score (nSPS) is 11.1. The molecule has 0 radical (unpaired) electrons. The second-order valence-electron chi connectivity index (χ2n) is 5.53. The standard InChI is InChI=1S/C15H15F2N7O/c1-8-4-11(12(16)17)24-13(21-8)9(5-20-24)15(25)22-10-6-18-7-19-14(10)23(2)3/h4-7,12H,1-3H3,(H,22,25). The van der Waals surface area contributed by atoms with Crippen molar-refractivity contribution in [3.8, 4) is 0 Å². The number of hydrogen-bond acceptors (Lipinski definition) is 6. The first-order valence-electron chi connectivity index (χ1n) is 7.30. The fraction of sp³-hybridized carbons (Fsp3) is 0.267. The summed E-state index contributed by atoms with van der Waals surface area (Å²) in [6.45, 7) is 1.58. The zero-order valence-electron chi connectivity index (χ0n) is 13.7. The minimum Gasteiger partial charge on any atom is -0.361 e. The van der Waals surface area contributed by atoms with Crippen molar-refractivity contribution in [1.82, 2.24) is 24.6 Å². The van der Waals surface area contributed by atoms with Crippen LogP contribution in [0, 0.1) is 6.92 Å². The molecule has 0 aliphatic carbocycles. The number of amides is 1. The van der Waals surface area contributed by atoms with Crippen molar-refractivity contribution >= 4 is 23.1 Å².